The van der Waals surface area contributed by atoms with Gasteiger partial charge >= 0.3 is 6.03 Å². The first-order valence-electron chi connectivity index (χ1n) is 6.37. The molecule has 0 atom stereocenters. The molecule has 106 valence electrons. The van der Waals surface area contributed by atoms with Crippen LogP contribution in [-0.2, 0) is 0 Å². The summed E-state index contributed by atoms with van der Waals surface area (Å²) in [5.41, 5.74) is 8.70. The number of halogens is 1. The Balaban J connectivity index is 2.26. The molecule has 0 aliphatic carbocycles. The number of aryl methyl sites for hydroxylation is 1. The molecule has 3 aromatic rings. The van der Waals surface area contributed by atoms with Crippen LogP contribution in [0.2, 0.25) is 5.02 Å². The van der Waals surface area contributed by atoms with Gasteiger partial charge in [0.25, 0.3) is 0 Å². The molecule has 3 rings (SSSR count). The molecule has 2 amide bonds. The van der Waals surface area contributed by atoms with E-state index >= 15 is 0 Å². The van der Waals surface area contributed by atoms with Gasteiger partial charge in [-0.1, -0.05) is 41.9 Å². The Labute approximate surface area is 126 Å². The van der Waals surface area contributed by atoms with Crippen molar-refractivity contribution in [2.45, 2.75) is 6.92 Å². The zero-order valence-electron chi connectivity index (χ0n) is 11.3. The summed E-state index contributed by atoms with van der Waals surface area (Å²) in [6.07, 6.45) is 0. The highest BCUT2D eigenvalue weighted by molar-refractivity contribution is 6.35. The van der Waals surface area contributed by atoms with Crippen molar-refractivity contribution in [3.63, 3.8) is 0 Å². The first-order chi connectivity index (χ1) is 10.1. The molecule has 0 spiro atoms. The van der Waals surface area contributed by atoms with E-state index in [2.05, 4.69) is 15.5 Å². The first-order valence-corrected chi connectivity index (χ1v) is 6.74. The topological polar surface area (TPSA) is 83.8 Å². The molecular weight excluding hydrogens is 288 g/mol. The Bertz CT molecular complexity index is 827. The van der Waals surface area contributed by atoms with Crippen LogP contribution >= 0.6 is 11.6 Å². The average Bonchev–Trinajstić information content (AvgIpc) is 2.86. The van der Waals surface area contributed by atoms with Gasteiger partial charge in [0.1, 0.15) is 0 Å². The van der Waals surface area contributed by atoms with Gasteiger partial charge in [0.05, 0.1) is 10.5 Å². The number of rotatable bonds is 2. The Morgan fingerprint density at radius 2 is 2.05 bits per heavy atom. The predicted octanol–water partition coefficient (Wildman–Crippen LogP) is 3.68. The highest BCUT2D eigenvalue weighted by Crippen LogP contribution is 2.37. The summed E-state index contributed by atoms with van der Waals surface area (Å²) in [7, 11) is 0. The fraction of sp³-hybridized carbons (Fsp3) is 0.0667. The number of aromatic nitrogens is 2. The molecule has 0 aliphatic rings. The molecule has 0 aliphatic heterocycles. The fourth-order valence-corrected chi connectivity index (χ4v) is 2.59. The number of anilines is 1. The zero-order chi connectivity index (χ0) is 15.0. The number of hydrogen-bond donors (Lipinski definition) is 3. The van der Waals surface area contributed by atoms with Gasteiger partial charge in [-0.3, -0.25) is 10.4 Å². The van der Waals surface area contributed by atoms with Crippen LogP contribution in [0.25, 0.3) is 22.0 Å². The van der Waals surface area contributed by atoms with Gasteiger partial charge in [0, 0.05) is 10.9 Å². The third-order valence-corrected chi connectivity index (χ3v) is 3.85. The third-order valence-electron chi connectivity index (χ3n) is 3.36. The Morgan fingerprint density at radius 1 is 1.33 bits per heavy atom. The highest BCUT2D eigenvalue weighted by Gasteiger charge is 2.15. The number of primary amides is 1. The maximum absolute atomic E-state index is 11.0. The lowest BCUT2D eigenvalue weighted by molar-refractivity contribution is 0.259. The quantitative estimate of drug-likeness (QED) is 0.674. The first kappa shape index (κ1) is 13.5. The second kappa shape index (κ2) is 5.10. The molecule has 6 heteroatoms. The molecule has 2 aromatic carbocycles. The van der Waals surface area contributed by atoms with Crippen LogP contribution in [-0.4, -0.2) is 16.2 Å². The molecule has 0 saturated carbocycles. The Morgan fingerprint density at radius 3 is 2.71 bits per heavy atom. The predicted molar refractivity (Wildman–Crippen MR) is 84.5 cm³/mol. The summed E-state index contributed by atoms with van der Waals surface area (Å²) in [5, 5.41) is 10.9. The molecule has 1 aromatic heterocycles. The second-order valence-corrected chi connectivity index (χ2v) is 5.09. The average molecular weight is 301 g/mol. The number of nitrogens with two attached hydrogens (primary N) is 1. The molecule has 21 heavy (non-hydrogen) atoms. The lowest BCUT2D eigenvalue weighted by Gasteiger charge is -2.09. The number of benzene rings is 2. The van der Waals surface area contributed by atoms with Crippen molar-refractivity contribution in [3.05, 3.63) is 47.0 Å². The number of nitrogens with zero attached hydrogens (tertiary/aromatic N) is 1. The Kier molecular flexibility index (Phi) is 3.27. The minimum absolute atomic E-state index is 0.398. The minimum atomic E-state index is -0.655. The molecule has 0 saturated heterocycles. The maximum atomic E-state index is 11.0. The standard InChI is InChI=1S/C15H13ClN4O/c1-8-12(16)10(9-5-3-2-4-6-9)7-11-13(8)19-20-14(11)18-15(17)21/h2-7H,1H3,(H4,17,18,19,20,21). The summed E-state index contributed by atoms with van der Waals surface area (Å²) in [6, 6.07) is 11.0. The molecule has 5 nitrogen and oxygen atoms in total. The monoisotopic (exact) mass is 300 g/mol. The highest BCUT2D eigenvalue weighted by atomic mass is 35.5. The van der Waals surface area contributed by atoms with Gasteiger partial charge in [-0.15, -0.1) is 0 Å². The number of fused-ring (bicyclic) bond motifs is 1. The molecule has 4 N–H and O–H groups in total. The van der Waals surface area contributed by atoms with Crippen LogP contribution in [0.1, 0.15) is 5.56 Å². The SMILES string of the molecule is Cc1c(Cl)c(-c2ccccc2)cc2c(NC(N)=O)n[nH]c12. The number of amides is 2. The molecular formula is C15H13ClN4O. The smallest absolute Gasteiger partial charge is 0.317 e. The maximum Gasteiger partial charge on any atom is 0.317 e. The van der Waals surface area contributed by atoms with Crippen molar-refractivity contribution in [3.8, 4) is 11.1 Å². The molecule has 0 bridgehead atoms. The van der Waals surface area contributed by atoms with Crippen LogP contribution in [0.15, 0.2) is 36.4 Å². The van der Waals surface area contributed by atoms with Crippen molar-refractivity contribution in [2.24, 2.45) is 5.73 Å². The molecule has 0 radical (unpaired) electrons. The van der Waals surface area contributed by atoms with E-state index in [4.69, 9.17) is 17.3 Å². The van der Waals surface area contributed by atoms with Crippen LogP contribution < -0.4 is 11.1 Å². The van der Waals surface area contributed by atoms with Crippen molar-refractivity contribution < 1.29 is 4.79 Å². The van der Waals surface area contributed by atoms with Crippen LogP contribution in [0.3, 0.4) is 0 Å². The minimum Gasteiger partial charge on any atom is -0.351 e. The number of hydrogen-bond acceptors (Lipinski definition) is 2. The van der Waals surface area contributed by atoms with Crippen LogP contribution in [0, 0.1) is 6.92 Å². The summed E-state index contributed by atoms with van der Waals surface area (Å²) in [4.78, 5) is 11.0. The number of carbonyl (C=O) groups is 1. The van der Waals surface area contributed by atoms with Gasteiger partial charge in [0.15, 0.2) is 5.82 Å². The van der Waals surface area contributed by atoms with E-state index in [1.165, 1.54) is 0 Å². The van der Waals surface area contributed by atoms with Gasteiger partial charge in [-0.05, 0) is 24.1 Å². The van der Waals surface area contributed by atoms with E-state index < -0.39 is 6.03 Å². The molecule has 0 fully saturated rings. The lowest BCUT2D eigenvalue weighted by Crippen LogP contribution is -2.19. The van der Waals surface area contributed by atoms with E-state index in [1.54, 1.807) is 0 Å². The van der Waals surface area contributed by atoms with E-state index in [9.17, 15) is 4.79 Å². The molecule has 0 unspecified atom stereocenters. The number of carbonyl (C=O) groups excluding carboxylic acids is 1. The van der Waals surface area contributed by atoms with E-state index in [-0.39, 0.29) is 0 Å². The molecule has 1 heterocycles. The number of H-pyrrole nitrogens is 1. The summed E-state index contributed by atoms with van der Waals surface area (Å²) < 4.78 is 0. The van der Waals surface area contributed by atoms with E-state index in [1.807, 2.05) is 43.3 Å². The Hall–Kier alpha value is -2.53. The normalized spacial score (nSPS) is 10.8. The largest absolute Gasteiger partial charge is 0.351 e. The van der Waals surface area contributed by atoms with Crippen molar-refractivity contribution in [2.75, 3.05) is 5.32 Å². The van der Waals surface area contributed by atoms with Crippen molar-refractivity contribution in [1.29, 1.82) is 0 Å². The van der Waals surface area contributed by atoms with Crippen molar-refractivity contribution >= 4 is 34.4 Å². The number of aromatic amines is 1. The summed E-state index contributed by atoms with van der Waals surface area (Å²) >= 11 is 6.46. The second-order valence-electron chi connectivity index (χ2n) is 4.71. The van der Waals surface area contributed by atoms with Gasteiger partial charge in [-0.2, -0.15) is 5.10 Å². The number of urea groups is 1. The van der Waals surface area contributed by atoms with Gasteiger partial charge in [-0.25, -0.2) is 4.79 Å². The summed E-state index contributed by atoms with van der Waals surface area (Å²) in [6.45, 7) is 1.91. The summed E-state index contributed by atoms with van der Waals surface area (Å²) in [5.74, 6) is 0.398. The van der Waals surface area contributed by atoms with E-state index in [0.717, 1.165) is 27.6 Å². The number of nitrogens with one attached hydrogen (secondary N) is 2. The fourth-order valence-electron chi connectivity index (χ4n) is 2.34. The van der Waals surface area contributed by atoms with Crippen LogP contribution in [0.4, 0.5) is 10.6 Å². The van der Waals surface area contributed by atoms with Crippen LogP contribution in [0.5, 0.6) is 0 Å². The van der Waals surface area contributed by atoms with Gasteiger partial charge < -0.3 is 5.73 Å². The lowest BCUT2D eigenvalue weighted by atomic mass is 10.0. The van der Waals surface area contributed by atoms with Crippen molar-refractivity contribution in [1.82, 2.24) is 10.2 Å². The van der Waals surface area contributed by atoms with E-state index in [0.29, 0.717) is 10.8 Å². The van der Waals surface area contributed by atoms with Gasteiger partial charge in [0.2, 0.25) is 0 Å². The third kappa shape index (κ3) is 2.32. The zero-order valence-corrected chi connectivity index (χ0v) is 12.0.